The average Bonchev–Trinajstić information content (AvgIpc) is 3.02. The smallest absolute Gasteiger partial charge is 0.229 e. The van der Waals surface area contributed by atoms with Crippen molar-refractivity contribution >= 4 is 22.9 Å². The monoisotopic (exact) mass is 346 g/mol. The van der Waals surface area contributed by atoms with Gasteiger partial charge in [-0.05, 0) is 43.2 Å². The van der Waals surface area contributed by atoms with E-state index in [4.69, 9.17) is 10.5 Å². The van der Waals surface area contributed by atoms with E-state index in [0.29, 0.717) is 13.1 Å². The maximum Gasteiger partial charge on any atom is 0.229 e. The molecule has 2 aromatic rings. The molecule has 130 valence electrons. The number of benzene rings is 1. The second-order valence-electron chi connectivity index (χ2n) is 5.81. The molecule has 5 heteroatoms. The molecule has 2 rings (SSSR count). The number of anilines is 1. The molecule has 0 fully saturated rings. The van der Waals surface area contributed by atoms with Crippen LogP contribution < -0.4 is 10.6 Å². The first kappa shape index (κ1) is 18.6. The highest BCUT2D eigenvalue weighted by Gasteiger charge is 2.20. The fraction of sp³-hybridized carbons (Fsp3) is 0.421. The van der Waals surface area contributed by atoms with Gasteiger partial charge in [0.1, 0.15) is 0 Å². The predicted octanol–water partition coefficient (Wildman–Crippen LogP) is 3.52. The highest BCUT2D eigenvalue weighted by atomic mass is 32.1. The normalized spacial score (nSPS) is 12.2. The largest absolute Gasteiger partial charge is 0.380 e. The molecule has 0 saturated heterocycles. The minimum atomic E-state index is -0.250. The van der Waals surface area contributed by atoms with E-state index in [1.165, 1.54) is 15.3 Å². The first-order valence-electron chi connectivity index (χ1n) is 8.24. The van der Waals surface area contributed by atoms with E-state index in [9.17, 15) is 4.79 Å². The van der Waals surface area contributed by atoms with Crippen molar-refractivity contribution in [3.8, 4) is 0 Å². The van der Waals surface area contributed by atoms with Crippen molar-refractivity contribution in [1.82, 2.24) is 0 Å². The Labute approximate surface area is 148 Å². The lowest BCUT2D eigenvalue weighted by atomic mass is 10.1. The van der Waals surface area contributed by atoms with Gasteiger partial charge in [-0.1, -0.05) is 19.1 Å². The summed E-state index contributed by atoms with van der Waals surface area (Å²) in [6, 6.07) is 12.3. The number of hydrogen-bond donors (Lipinski definition) is 1. The molecule has 24 heavy (non-hydrogen) atoms. The average molecular weight is 346 g/mol. The van der Waals surface area contributed by atoms with E-state index >= 15 is 0 Å². The van der Waals surface area contributed by atoms with Crippen LogP contribution in [0, 0.1) is 6.92 Å². The Bertz CT molecular complexity index is 648. The lowest BCUT2D eigenvalue weighted by Gasteiger charge is -2.24. The van der Waals surface area contributed by atoms with Crippen molar-refractivity contribution in [1.29, 1.82) is 0 Å². The number of amides is 1. The summed E-state index contributed by atoms with van der Waals surface area (Å²) in [7, 11) is 1.59. The third-order valence-corrected chi connectivity index (χ3v) is 5.05. The summed E-state index contributed by atoms with van der Waals surface area (Å²) >= 11 is 1.72. The Hall–Kier alpha value is -1.69. The number of nitrogens with two attached hydrogens (primary N) is 1. The van der Waals surface area contributed by atoms with Crippen molar-refractivity contribution < 1.29 is 9.53 Å². The number of aryl methyl sites for hydroxylation is 2. The number of thiophene rings is 1. The zero-order chi connectivity index (χ0) is 17.5. The Morgan fingerprint density at radius 2 is 1.96 bits per heavy atom. The van der Waals surface area contributed by atoms with E-state index in [1.54, 1.807) is 18.4 Å². The van der Waals surface area contributed by atoms with Crippen molar-refractivity contribution in [2.45, 2.75) is 39.3 Å². The van der Waals surface area contributed by atoms with Gasteiger partial charge in [-0.2, -0.15) is 0 Å². The van der Waals surface area contributed by atoms with Gasteiger partial charge in [0.25, 0.3) is 0 Å². The summed E-state index contributed by atoms with van der Waals surface area (Å²) in [4.78, 5) is 17.1. The zero-order valence-electron chi connectivity index (χ0n) is 14.6. The molecule has 1 aromatic carbocycles. The highest BCUT2D eigenvalue weighted by Crippen LogP contribution is 2.23. The Morgan fingerprint density at radius 3 is 2.46 bits per heavy atom. The molecular formula is C19H26N2O2S. The Balaban J connectivity index is 2.23. The van der Waals surface area contributed by atoms with E-state index in [0.717, 1.165) is 12.1 Å². The van der Waals surface area contributed by atoms with Gasteiger partial charge < -0.3 is 15.4 Å². The minimum Gasteiger partial charge on any atom is -0.380 e. The molecule has 0 radical (unpaired) electrons. The third kappa shape index (κ3) is 4.90. The summed E-state index contributed by atoms with van der Waals surface area (Å²) in [6.07, 6.45) is 1.02. The summed E-state index contributed by atoms with van der Waals surface area (Å²) in [6.45, 7) is 5.11. The van der Waals surface area contributed by atoms with Crippen LogP contribution in [-0.4, -0.2) is 25.7 Å². The molecule has 0 aliphatic heterocycles. The number of carbonyl (C=O) groups is 1. The summed E-state index contributed by atoms with van der Waals surface area (Å²) in [5.41, 5.74) is 7.84. The minimum absolute atomic E-state index is 0.0302. The Kier molecular flexibility index (Phi) is 6.97. The molecule has 1 aromatic heterocycles. The van der Waals surface area contributed by atoms with Crippen molar-refractivity contribution in [3.63, 3.8) is 0 Å². The zero-order valence-corrected chi connectivity index (χ0v) is 15.4. The molecule has 4 nitrogen and oxygen atoms in total. The molecule has 1 amide bonds. The Morgan fingerprint density at radius 1 is 1.25 bits per heavy atom. The van der Waals surface area contributed by atoms with E-state index in [-0.39, 0.29) is 18.4 Å². The molecule has 1 heterocycles. The second-order valence-corrected chi connectivity index (χ2v) is 7.18. The number of ether oxygens (including phenoxy) is 1. The van der Waals surface area contributed by atoms with Crippen LogP contribution in [0.5, 0.6) is 0 Å². The van der Waals surface area contributed by atoms with Gasteiger partial charge in [0.15, 0.2) is 0 Å². The molecular weight excluding hydrogens is 320 g/mol. The lowest BCUT2D eigenvalue weighted by Crippen LogP contribution is -2.35. The van der Waals surface area contributed by atoms with Crippen LogP contribution in [0.3, 0.4) is 0 Å². The lowest BCUT2D eigenvalue weighted by molar-refractivity contribution is -0.121. The molecule has 0 aliphatic rings. The van der Waals surface area contributed by atoms with E-state index in [2.05, 4.69) is 38.1 Å². The predicted molar refractivity (Wildman–Crippen MR) is 101 cm³/mol. The number of rotatable bonds is 8. The van der Waals surface area contributed by atoms with E-state index in [1.807, 2.05) is 17.0 Å². The number of nitrogens with zero attached hydrogens (tertiary/aromatic N) is 1. The maximum absolute atomic E-state index is 12.8. The quantitative estimate of drug-likeness (QED) is 0.796. The summed E-state index contributed by atoms with van der Waals surface area (Å²) in [5, 5.41) is 0. The van der Waals surface area contributed by atoms with Crippen LogP contribution in [0.1, 0.15) is 28.7 Å². The van der Waals surface area contributed by atoms with Crippen LogP contribution in [0.15, 0.2) is 36.4 Å². The fourth-order valence-corrected chi connectivity index (χ4v) is 3.41. The van der Waals surface area contributed by atoms with Gasteiger partial charge in [-0.15, -0.1) is 11.3 Å². The van der Waals surface area contributed by atoms with Crippen LogP contribution in [0.2, 0.25) is 0 Å². The topological polar surface area (TPSA) is 55.6 Å². The van der Waals surface area contributed by atoms with Gasteiger partial charge in [0, 0.05) is 29.1 Å². The van der Waals surface area contributed by atoms with Crippen LogP contribution in [-0.2, 0) is 22.5 Å². The maximum atomic E-state index is 12.8. The third-order valence-electron chi connectivity index (χ3n) is 4.07. The molecule has 0 saturated carbocycles. The van der Waals surface area contributed by atoms with Gasteiger partial charge >= 0.3 is 0 Å². The van der Waals surface area contributed by atoms with Crippen molar-refractivity contribution in [2.24, 2.45) is 5.73 Å². The molecule has 0 spiro atoms. The number of carbonyl (C=O) groups excluding carboxylic acids is 1. The molecule has 1 unspecified atom stereocenters. The highest BCUT2D eigenvalue weighted by molar-refractivity contribution is 7.11. The van der Waals surface area contributed by atoms with Crippen LogP contribution >= 0.6 is 11.3 Å². The summed E-state index contributed by atoms with van der Waals surface area (Å²) < 4.78 is 5.28. The number of methoxy groups -OCH3 is 1. The first-order chi connectivity index (χ1) is 11.6. The standard InChI is InChI=1S/C19H26N2O2S/c1-4-15-6-8-16(9-7-15)21(13-18-10-5-14(2)24-18)19(22)11-17(12-20)23-3/h5-10,17H,4,11-13,20H2,1-3H3. The van der Waals surface area contributed by atoms with Crippen LogP contribution in [0.4, 0.5) is 5.69 Å². The first-order valence-corrected chi connectivity index (χ1v) is 9.06. The summed E-state index contributed by atoms with van der Waals surface area (Å²) in [5.74, 6) is 0.0302. The van der Waals surface area contributed by atoms with Gasteiger partial charge in [-0.3, -0.25) is 4.79 Å². The second kappa shape index (κ2) is 8.97. The molecule has 0 bridgehead atoms. The molecule has 2 N–H and O–H groups in total. The van der Waals surface area contributed by atoms with Crippen LogP contribution in [0.25, 0.3) is 0 Å². The van der Waals surface area contributed by atoms with Crippen molar-refractivity contribution in [2.75, 3.05) is 18.6 Å². The van der Waals surface area contributed by atoms with Gasteiger partial charge in [0.05, 0.1) is 19.1 Å². The number of hydrogen-bond acceptors (Lipinski definition) is 4. The SMILES string of the molecule is CCc1ccc(N(Cc2ccc(C)s2)C(=O)CC(CN)OC)cc1. The molecule has 0 aliphatic carbocycles. The van der Waals surface area contributed by atoms with Gasteiger partial charge in [-0.25, -0.2) is 0 Å². The fourth-order valence-electron chi connectivity index (χ4n) is 2.53. The molecule has 1 atom stereocenters. The van der Waals surface area contributed by atoms with Gasteiger partial charge in [0.2, 0.25) is 5.91 Å². The van der Waals surface area contributed by atoms with Crippen molar-refractivity contribution in [3.05, 3.63) is 51.7 Å². The van der Waals surface area contributed by atoms with E-state index < -0.39 is 0 Å².